The summed E-state index contributed by atoms with van der Waals surface area (Å²) in [5.41, 5.74) is 7.54. The standard InChI is InChI=1S/C13H15N5O/c1-8-2-4-9(5-3-8)11-16-12(19-17-11)10-6-18(7-10)13(14)15/h2-5,10H,6-7H2,1H3,(H3,14,15). The van der Waals surface area contributed by atoms with Gasteiger partial charge in [0.2, 0.25) is 11.7 Å². The average molecular weight is 257 g/mol. The van der Waals surface area contributed by atoms with Gasteiger partial charge in [0, 0.05) is 18.7 Å². The molecule has 3 N–H and O–H groups in total. The maximum absolute atomic E-state index is 7.30. The first kappa shape index (κ1) is 11.7. The van der Waals surface area contributed by atoms with E-state index in [4.69, 9.17) is 15.7 Å². The SMILES string of the molecule is Cc1ccc(-c2noc(C3CN(C(=N)N)C3)n2)cc1. The van der Waals surface area contributed by atoms with Gasteiger partial charge in [0.1, 0.15) is 0 Å². The predicted octanol–water partition coefficient (Wildman–Crippen LogP) is 1.34. The van der Waals surface area contributed by atoms with E-state index in [2.05, 4.69) is 10.1 Å². The van der Waals surface area contributed by atoms with Crippen LogP contribution in [0, 0.1) is 12.3 Å². The van der Waals surface area contributed by atoms with Gasteiger partial charge in [0.25, 0.3) is 0 Å². The molecule has 0 amide bonds. The Morgan fingerprint density at radius 1 is 1.37 bits per heavy atom. The molecule has 0 spiro atoms. The van der Waals surface area contributed by atoms with Crippen LogP contribution < -0.4 is 5.73 Å². The lowest BCUT2D eigenvalue weighted by atomic mass is 10.0. The highest BCUT2D eigenvalue weighted by molar-refractivity contribution is 5.75. The van der Waals surface area contributed by atoms with Crippen LogP contribution in [0.5, 0.6) is 0 Å². The van der Waals surface area contributed by atoms with Gasteiger partial charge < -0.3 is 15.2 Å². The fourth-order valence-corrected chi connectivity index (χ4v) is 2.05. The fraction of sp³-hybridized carbons (Fsp3) is 0.308. The molecule has 2 aromatic rings. The van der Waals surface area contributed by atoms with Crippen molar-refractivity contribution in [3.63, 3.8) is 0 Å². The highest BCUT2D eigenvalue weighted by Crippen LogP contribution is 2.27. The van der Waals surface area contributed by atoms with Crippen molar-refractivity contribution >= 4 is 5.96 Å². The van der Waals surface area contributed by atoms with Crippen LogP contribution in [0.2, 0.25) is 0 Å². The summed E-state index contributed by atoms with van der Waals surface area (Å²) in [6, 6.07) is 8.00. The van der Waals surface area contributed by atoms with E-state index in [0.717, 1.165) is 5.56 Å². The number of likely N-dealkylation sites (tertiary alicyclic amines) is 1. The molecule has 1 aliphatic heterocycles. The summed E-state index contributed by atoms with van der Waals surface area (Å²) in [6.07, 6.45) is 0. The van der Waals surface area contributed by atoms with Crippen molar-refractivity contribution in [2.45, 2.75) is 12.8 Å². The van der Waals surface area contributed by atoms with Crippen molar-refractivity contribution < 1.29 is 4.52 Å². The molecule has 3 rings (SSSR count). The molecule has 19 heavy (non-hydrogen) atoms. The number of aromatic nitrogens is 2. The van der Waals surface area contributed by atoms with E-state index in [1.54, 1.807) is 4.90 Å². The predicted molar refractivity (Wildman–Crippen MR) is 70.7 cm³/mol. The van der Waals surface area contributed by atoms with Gasteiger partial charge in [0.05, 0.1) is 5.92 Å². The van der Waals surface area contributed by atoms with Crippen LogP contribution in [-0.4, -0.2) is 34.1 Å². The van der Waals surface area contributed by atoms with E-state index in [9.17, 15) is 0 Å². The molecule has 1 aromatic carbocycles. The fourth-order valence-electron chi connectivity index (χ4n) is 2.05. The monoisotopic (exact) mass is 257 g/mol. The molecule has 6 heteroatoms. The summed E-state index contributed by atoms with van der Waals surface area (Å²) in [4.78, 5) is 6.17. The van der Waals surface area contributed by atoms with Gasteiger partial charge >= 0.3 is 0 Å². The van der Waals surface area contributed by atoms with Gasteiger partial charge in [-0.3, -0.25) is 5.41 Å². The molecule has 6 nitrogen and oxygen atoms in total. The van der Waals surface area contributed by atoms with E-state index >= 15 is 0 Å². The third kappa shape index (κ3) is 2.16. The second kappa shape index (κ2) is 4.38. The Hall–Kier alpha value is -2.37. The number of nitrogens with two attached hydrogens (primary N) is 1. The van der Waals surface area contributed by atoms with Crippen LogP contribution in [-0.2, 0) is 0 Å². The molecule has 1 saturated heterocycles. The summed E-state index contributed by atoms with van der Waals surface area (Å²) < 4.78 is 5.28. The van der Waals surface area contributed by atoms with Crippen LogP contribution in [0.15, 0.2) is 28.8 Å². The number of benzene rings is 1. The minimum absolute atomic E-state index is 0.0922. The first-order valence-electron chi connectivity index (χ1n) is 6.13. The summed E-state index contributed by atoms with van der Waals surface area (Å²) in [7, 11) is 0. The molecular weight excluding hydrogens is 242 g/mol. The van der Waals surface area contributed by atoms with Gasteiger partial charge in [-0.15, -0.1) is 0 Å². The van der Waals surface area contributed by atoms with Crippen molar-refractivity contribution in [3.05, 3.63) is 35.7 Å². The van der Waals surface area contributed by atoms with Gasteiger partial charge in [-0.05, 0) is 6.92 Å². The molecule has 2 heterocycles. The first-order valence-corrected chi connectivity index (χ1v) is 6.13. The van der Waals surface area contributed by atoms with Crippen molar-refractivity contribution in [1.29, 1.82) is 5.41 Å². The van der Waals surface area contributed by atoms with Crippen LogP contribution in [0.4, 0.5) is 0 Å². The van der Waals surface area contributed by atoms with E-state index in [-0.39, 0.29) is 11.9 Å². The normalized spacial score (nSPS) is 15.3. The molecule has 1 fully saturated rings. The summed E-state index contributed by atoms with van der Waals surface area (Å²) in [5.74, 6) is 1.49. The zero-order chi connectivity index (χ0) is 13.4. The van der Waals surface area contributed by atoms with E-state index < -0.39 is 0 Å². The van der Waals surface area contributed by atoms with Gasteiger partial charge in [0.15, 0.2) is 5.96 Å². The number of nitrogens with zero attached hydrogens (tertiary/aromatic N) is 3. The highest BCUT2D eigenvalue weighted by atomic mass is 16.5. The van der Waals surface area contributed by atoms with Gasteiger partial charge in [-0.1, -0.05) is 35.0 Å². The maximum atomic E-state index is 7.30. The number of rotatable bonds is 2. The lowest BCUT2D eigenvalue weighted by Gasteiger charge is -2.37. The van der Waals surface area contributed by atoms with E-state index in [1.807, 2.05) is 31.2 Å². The molecule has 0 saturated carbocycles. The summed E-state index contributed by atoms with van der Waals surface area (Å²) >= 11 is 0. The molecule has 0 unspecified atom stereocenters. The van der Waals surface area contributed by atoms with Crippen LogP contribution in [0.3, 0.4) is 0 Å². The number of hydrogen-bond acceptors (Lipinski definition) is 4. The Morgan fingerprint density at radius 3 is 2.68 bits per heavy atom. The smallest absolute Gasteiger partial charge is 0.233 e. The van der Waals surface area contributed by atoms with Crippen molar-refractivity contribution in [2.24, 2.45) is 5.73 Å². The molecule has 0 bridgehead atoms. The molecule has 1 aromatic heterocycles. The number of hydrogen-bond donors (Lipinski definition) is 2. The molecule has 0 atom stereocenters. The zero-order valence-corrected chi connectivity index (χ0v) is 10.6. The molecular formula is C13H15N5O. The minimum Gasteiger partial charge on any atom is -0.370 e. The number of nitrogens with one attached hydrogen (secondary N) is 1. The van der Waals surface area contributed by atoms with Crippen LogP contribution in [0.1, 0.15) is 17.4 Å². The largest absolute Gasteiger partial charge is 0.370 e. The number of aryl methyl sites for hydroxylation is 1. The Bertz CT molecular complexity index is 598. The second-order valence-electron chi connectivity index (χ2n) is 4.81. The zero-order valence-electron chi connectivity index (χ0n) is 10.6. The Labute approximate surface area is 110 Å². The Kier molecular flexibility index (Phi) is 2.70. The average Bonchev–Trinajstić information content (AvgIpc) is 2.77. The third-order valence-corrected chi connectivity index (χ3v) is 3.32. The topological polar surface area (TPSA) is 92.0 Å². The van der Waals surface area contributed by atoms with Crippen molar-refractivity contribution in [1.82, 2.24) is 15.0 Å². The lowest BCUT2D eigenvalue weighted by molar-refractivity contribution is 0.203. The molecule has 98 valence electrons. The summed E-state index contributed by atoms with van der Waals surface area (Å²) in [5, 5.41) is 11.3. The lowest BCUT2D eigenvalue weighted by Crippen LogP contribution is -2.51. The van der Waals surface area contributed by atoms with Crippen LogP contribution in [0.25, 0.3) is 11.4 Å². The quantitative estimate of drug-likeness (QED) is 0.625. The summed E-state index contributed by atoms with van der Waals surface area (Å²) in [6.45, 7) is 3.38. The molecule has 0 radical (unpaired) electrons. The first-order chi connectivity index (χ1) is 9.13. The number of guanidine groups is 1. The highest BCUT2D eigenvalue weighted by Gasteiger charge is 2.33. The Balaban J connectivity index is 1.74. The van der Waals surface area contributed by atoms with Gasteiger partial charge in [-0.25, -0.2) is 0 Å². The Morgan fingerprint density at radius 2 is 2.05 bits per heavy atom. The van der Waals surface area contributed by atoms with Gasteiger partial charge in [-0.2, -0.15) is 4.98 Å². The third-order valence-electron chi connectivity index (χ3n) is 3.32. The van der Waals surface area contributed by atoms with Crippen molar-refractivity contribution in [3.8, 4) is 11.4 Å². The van der Waals surface area contributed by atoms with Crippen LogP contribution >= 0.6 is 0 Å². The van der Waals surface area contributed by atoms with E-state index in [1.165, 1.54) is 5.56 Å². The molecule has 1 aliphatic rings. The van der Waals surface area contributed by atoms with E-state index in [0.29, 0.717) is 24.8 Å². The molecule has 0 aliphatic carbocycles. The van der Waals surface area contributed by atoms with Crippen molar-refractivity contribution in [2.75, 3.05) is 13.1 Å². The maximum Gasteiger partial charge on any atom is 0.233 e. The second-order valence-corrected chi connectivity index (χ2v) is 4.81. The minimum atomic E-state index is 0.0922.